The number of carbonyl (C=O) groups excluding carboxylic acids is 1. The van der Waals surface area contributed by atoms with E-state index in [1.54, 1.807) is 6.07 Å². The van der Waals surface area contributed by atoms with Crippen molar-refractivity contribution in [1.82, 2.24) is 4.72 Å². The SMILES string of the molecule is O=C(Nc1ccccc1F)c1ccc(Cl)c(S(=O)(=O)NC2CCCCC2)c1. The van der Waals surface area contributed by atoms with Gasteiger partial charge in [-0.25, -0.2) is 17.5 Å². The second-order valence-corrected chi connectivity index (χ2v) is 8.62. The molecule has 5 nitrogen and oxygen atoms in total. The summed E-state index contributed by atoms with van der Waals surface area (Å²) in [6.45, 7) is 0. The minimum atomic E-state index is -3.86. The lowest BCUT2D eigenvalue weighted by Gasteiger charge is -2.23. The molecule has 27 heavy (non-hydrogen) atoms. The largest absolute Gasteiger partial charge is 0.319 e. The summed E-state index contributed by atoms with van der Waals surface area (Å²) < 4.78 is 41.8. The zero-order valence-electron chi connectivity index (χ0n) is 14.5. The number of carbonyl (C=O) groups is 1. The molecule has 1 fully saturated rings. The molecule has 0 spiro atoms. The number of halogens is 2. The Bertz CT molecular complexity index is 944. The highest BCUT2D eigenvalue weighted by Crippen LogP contribution is 2.26. The number of amides is 1. The van der Waals surface area contributed by atoms with Gasteiger partial charge in [0, 0.05) is 11.6 Å². The first-order valence-corrected chi connectivity index (χ1v) is 10.6. The Morgan fingerprint density at radius 3 is 2.48 bits per heavy atom. The normalized spacial score (nSPS) is 15.5. The van der Waals surface area contributed by atoms with Crippen LogP contribution in [0.3, 0.4) is 0 Å². The van der Waals surface area contributed by atoms with Crippen LogP contribution in [-0.2, 0) is 10.0 Å². The smallest absolute Gasteiger partial charge is 0.255 e. The molecule has 0 atom stereocenters. The minimum absolute atomic E-state index is 0.0159. The number of para-hydroxylation sites is 1. The minimum Gasteiger partial charge on any atom is -0.319 e. The van der Waals surface area contributed by atoms with Gasteiger partial charge in [0.05, 0.1) is 10.7 Å². The van der Waals surface area contributed by atoms with Crippen LogP contribution in [0.15, 0.2) is 47.4 Å². The number of sulfonamides is 1. The van der Waals surface area contributed by atoms with Gasteiger partial charge in [0.2, 0.25) is 10.0 Å². The Balaban J connectivity index is 1.83. The second-order valence-electron chi connectivity index (χ2n) is 6.54. The molecule has 1 saturated carbocycles. The number of hydrogen-bond donors (Lipinski definition) is 2. The summed E-state index contributed by atoms with van der Waals surface area (Å²) in [6, 6.07) is 9.58. The molecule has 0 aromatic heterocycles. The molecule has 0 aliphatic heterocycles. The molecule has 144 valence electrons. The Morgan fingerprint density at radius 1 is 1.07 bits per heavy atom. The van der Waals surface area contributed by atoms with Crippen molar-refractivity contribution in [2.75, 3.05) is 5.32 Å². The molecule has 0 unspecified atom stereocenters. The quantitative estimate of drug-likeness (QED) is 0.769. The number of anilines is 1. The Kier molecular flexibility index (Phi) is 6.14. The van der Waals surface area contributed by atoms with Gasteiger partial charge in [0.15, 0.2) is 0 Å². The molecule has 2 aromatic rings. The summed E-state index contributed by atoms with van der Waals surface area (Å²) in [5.74, 6) is -1.20. The standard InChI is InChI=1S/C19H20ClFN2O3S/c20-15-11-10-13(19(24)22-17-9-5-4-8-16(17)21)12-18(15)27(25,26)23-14-6-2-1-3-7-14/h4-5,8-12,14,23H,1-3,6-7H2,(H,22,24). The molecule has 1 aliphatic rings. The van der Waals surface area contributed by atoms with E-state index in [0.29, 0.717) is 0 Å². The zero-order valence-corrected chi connectivity index (χ0v) is 16.1. The maximum absolute atomic E-state index is 13.7. The Morgan fingerprint density at radius 2 is 1.78 bits per heavy atom. The average molecular weight is 411 g/mol. The van der Waals surface area contributed by atoms with Gasteiger partial charge in [-0.1, -0.05) is 43.0 Å². The summed E-state index contributed by atoms with van der Waals surface area (Å²) in [6.07, 6.45) is 4.62. The highest BCUT2D eigenvalue weighted by molar-refractivity contribution is 7.89. The van der Waals surface area contributed by atoms with Crippen molar-refractivity contribution in [3.8, 4) is 0 Å². The van der Waals surface area contributed by atoms with Gasteiger partial charge < -0.3 is 5.32 Å². The van der Waals surface area contributed by atoms with Crippen LogP contribution in [0.2, 0.25) is 5.02 Å². The summed E-state index contributed by atoms with van der Waals surface area (Å²) >= 11 is 6.08. The van der Waals surface area contributed by atoms with Crippen molar-refractivity contribution in [3.05, 3.63) is 58.9 Å². The van der Waals surface area contributed by atoms with Gasteiger partial charge in [0.1, 0.15) is 10.7 Å². The molecular weight excluding hydrogens is 391 g/mol. The summed E-state index contributed by atoms with van der Waals surface area (Å²) in [5, 5.41) is 2.46. The van der Waals surface area contributed by atoms with Gasteiger partial charge in [-0.15, -0.1) is 0 Å². The van der Waals surface area contributed by atoms with Crippen LogP contribution in [0.5, 0.6) is 0 Å². The third-order valence-corrected chi connectivity index (χ3v) is 6.53. The van der Waals surface area contributed by atoms with E-state index in [1.165, 1.54) is 36.4 Å². The van der Waals surface area contributed by atoms with Crippen LogP contribution in [0.1, 0.15) is 42.5 Å². The average Bonchev–Trinajstić information content (AvgIpc) is 2.64. The molecular formula is C19H20ClFN2O3S. The van der Waals surface area contributed by atoms with Crippen molar-refractivity contribution in [2.24, 2.45) is 0 Å². The van der Waals surface area contributed by atoms with E-state index < -0.39 is 21.7 Å². The van der Waals surface area contributed by atoms with Gasteiger partial charge >= 0.3 is 0 Å². The molecule has 3 rings (SSSR count). The van der Waals surface area contributed by atoms with Crippen LogP contribution < -0.4 is 10.0 Å². The molecule has 8 heteroatoms. The lowest BCUT2D eigenvalue weighted by molar-refractivity contribution is 0.102. The number of nitrogens with one attached hydrogen (secondary N) is 2. The third-order valence-electron chi connectivity index (χ3n) is 4.53. The number of benzene rings is 2. The van der Waals surface area contributed by atoms with E-state index in [0.717, 1.165) is 32.1 Å². The van der Waals surface area contributed by atoms with Gasteiger partial charge in [0.25, 0.3) is 5.91 Å². The summed E-state index contributed by atoms with van der Waals surface area (Å²) in [5.41, 5.74) is 0.0915. The van der Waals surface area contributed by atoms with E-state index in [9.17, 15) is 17.6 Å². The highest BCUT2D eigenvalue weighted by Gasteiger charge is 2.25. The fourth-order valence-electron chi connectivity index (χ4n) is 3.11. The van der Waals surface area contributed by atoms with E-state index in [4.69, 9.17) is 11.6 Å². The second kappa shape index (κ2) is 8.37. The number of hydrogen-bond acceptors (Lipinski definition) is 3. The maximum Gasteiger partial charge on any atom is 0.255 e. The predicted molar refractivity (Wildman–Crippen MR) is 103 cm³/mol. The summed E-state index contributed by atoms with van der Waals surface area (Å²) in [7, 11) is -3.86. The van der Waals surface area contributed by atoms with Gasteiger partial charge in [-0.2, -0.15) is 0 Å². The van der Waals surface area contributed by atoms with E-state index in [2.05, 4.69) is 10.0 Å². The molecule has 1 aliphatic carbocycles. The maximum atomic E-state index is 13.7. The Labute approximate surface area is 163 Å². The number of rotatable bonds is 5. The summed E-state index contributed by atoms with van der Waals surface area (Å²) in [4.78, 5) is 12.3. The molecule has 0 bridgehead atoms. The lowest BCUT2D eigenvalue weighted by atomic mass is 9.96. The predicted octanol–water partition coefficient (Wildman–Crippen LogP) is 4.34. The van der Waals surface area contributed by atoms with Crippen molar-refractivity contribution < 1.29 is 17.6 Å². The molecule has 0 heterocycles. The first-order chi connectivity index (χ1) is 12.9. The topological polar surface area (TPSA) is 75.3 Å². The third kappa shape index (κ3) is 4.86. The molecule has 0 radical (unpaired) electrons. The fraction of sp³-hybridized carbons (Fsp3) is 0.316. The van der Waals surface area contributed by atoms with Crippen LogP contribution in [-0.4, -0.2) is 20.4 Å². The lowest BCUT2D eigenvalue weighted by Crippen LogP contribution is -2.36. The van der Waals surface area contributed by atoms with Crippen LogP contribution in [0.4, 0.5) is 10.1 Å². The molecule has 2 N–H and O–H groups in total. The van der Waals surface area contributed by atoms with Crippen molar-refractivity contribution in [2.45, 2.75) is 43.0 Å². The zero-order chi connectivity index (χ0) is 19.4. The van der Waals surface area contributed by atoms with Crippen LogP contribution >= 0.6 is 11.6 Å². The van der Waals surface area contributed by atoms with E-state index >= 15 is 0 Å². The molecule has 1 amide bonds. The monoisotopic (exact) mass is 410 g/mol. The first-order valence-electron chi connectivity index (χ1n) is 8.74. The highest BCUT2D eigenvalue weighted by atomic mass is 35.5. The van der Waals surface area contributed by atoms with E-state index in [-0.39, 0.29) is 27.2 Å². The fourth-order valence-corrected chi connectivity index (χ4v) is 4.94. The van der Waals surface area contributed by atoms with Crippen molar-refractivity contribution >= 4 is 33.2 Å². The molecule has 0 saturated heterocycles. The van der Waals surface area contributed by atoms with Crippen molar-refractivity contribution in [3.63, 3.8) is 0 Å². The molecule has 2 aromatic carbocycles. The van der Waals surface area contributed by atoms with Crippen LogP contribution in [0, 0.1) is 5.82 Å². The van der Waals surface area contributed by atoms with Crippen molar-refractivity contribution in [1.29, 1.82) is 0 Å². The van der Waals surface area contributed by atoms with Gasteiger partial charge in [-0.3, -0.25) is 4.79 Å². The first kappa shape index (κ1) is 19.8. The Hall–Kier alpha value is -1.96. The van der Waals surface area contributed by atoms with Crippen LogP contribution in [0.25, 0.3) is 0 Å². The van der Waals surface area contributed by atoms with Gasteiger partial charge in [-0.05, 0) is 43.2 Å². The van der Waals surface area contributed by atoms with E-state index in [1.807, 2.05) is 0 Å².